The number of benzene rings is 1. The largest absolute Gasteiger partial charge is 0.465 e. The fraction of sp³-hybridized carbons (Fsp3) is 0.556. The van der Waals surface area contributed by atoms with Crippen LogP contribution in [-0.4, -0.2) is 29.6 Å². The number of hydrogen-bond donors (Lipinski definition) is 1. The SMILES string of the molecule is CCOC(=O)C(CCc1cccc(F)c1)C(=O)CC(O)C(C)C. The van der Waals surface area contributed by atoms with Gasteiger partial charge in [0, 0.05) is 6.42 Å². The fourth-order valence-electron chi connectivity index (χ4n) is 2.24. The number of esters is 1. The van der Waals surface area contributed by atoms with Crippen molar-refractivity contribution in [2.75, 3.05) is 6.61 Å². The van der Waals surface area contributed by atoms with E-state index in [1.54, 1.807) is 19.1 Å². The van der Waals surface area contributed by atoms with Crippen LogP contribution in [0.25, 0.3) is 0 Å². The van der Waals surface area contributed by atoms with Gasteiger partial charge in [-0.2, -0.15) is 0 Å². The molecule has 5 heteroatoms. The lowest BCUT2D eigenvalue weighted by molar-refractivity contribution is -0.152. The maximum Gasteiger partial charge on any atom is 0.316 e. The van der Waals surface area contributed by atoms with Crippen molar-refractivity contribution in [2.45, 2.75) is 46.1 Å². The summed E-state index contributed by atoms with van der Waals surface area (Å²) in [6.45, 7) is 5.48. The third-order valence-corrected chi connectivity index (χ3v) is 3.75. The Balaban J connectivity index is 2.75. The smallest absolute Gasteiger partial charge is 0.316 e. The van der Waals surface area contributed by atoms with E-state index in [2.05, 4.69) is 0 Å². The number of ether oxygens (including phenoxy) is 1. The molecule has 23 heavy (non-hydrogen) atoms. The third kappa shape index (κ3) is 6.48. The van der Waals surface area contributed by atoms with E-state index >= 15 is 0 Å². The summed E-state index contributed by atoms with van der Waals surface area (Å²) in [4.78, 5) is 24.4. The van der Waals surface area contributed by atoms with Gasteiger partial charge in [0.15, 0.2) is 0 Å². The van der Waals surface area contributed by atoms with Crippen molar-refractivity contribution in [3.63, 3.8) is 0 Å². The summed E-state index contributed by atoms with van der Waals surface area (Å²) in [5.74, 6) is -2.25. The lowest BCUT2D eigenvalue weighted by atomic mass is 9.90. The van der Waals surface area contributed by atoms with Gasteiger partial charge in [-0.15, -0.1) is 0 Å². The molecule has 0 aliphatic carbocycles. The number of hydrogen-bond acceptors (Lipinski definition) is 4. The average molecular weight is 324 g/mol. The molecule has 0 bridgehead atoms. The van der Waals surface area contributed by atoms with Gasteiger partial charge in [0.1, 0.15) is 17.5 Å². The highest BCUT2D eigenvalue weighted by atomic mass is 19.1. The monoisotopic (exact) mass is 324 g/mol. The van der Waals surface area contributed by atoms with Crippen LogP contribution < -0.4 is 0 Å². The number of carbonyl (C=O) groups is 2. The normalized spacial score (nSPS) is 13.7. The van der Waals surface area contributed by atoms with E-state index in [4.69, 9.17) is 4.74 Å². The Bertz CT molecular complexity index is 528. The molecular formula is C18H25FO4. The number of aliphatic hydroxyl groups is 1. The summed E-state index contributed by atoms with van der Waals surface area (Å²) in [5.41, 5.74) is 0.719. The predicted octanol–water partition coefficient (Wildman–Crippen LogP) is 2.91. The van der Waals surface area contributed by atoms with Gasteiger partial charge in [-0.1, -0.05) is 26.0 Å². The molecule has 0 aliphatic rings. The zero-order chi connectivity index (χ0) is 17.4. The molecule has 0 saturated carbocycles. The maximum atomic E-state index is 13.2. The third-order valence-electron chi connectivity index (χ3n) is 3.75. The Labute approximate surface area is 136 Å². The molecule has 0 fully saturated rings. The van der Waals surface area contributed by atoms with Crippen LogP contribution in [-0.2, 0) is 20.7 Å². The van der Waals surface area contributed by atoms with Crippen molar-refractivity contribution >= 4 is 11.8 Å². The summed E-state index contributed by atoms with van der Waals surface area (Å²) < 4.78 is 18.2. The molecule has 2 atom stereocenters. The number of ketones is 1. The highest BCUT2D eigenvalue weighted by Crippen LogP contribution is 2.18. The van der Waals surface area contributed by atoms with Gasteiger partial charge in [-0.3, -0.25) is 9.59 Å². The van der Waals surface area contributed by atoms with E-state index in [0.717, 1.165) is 5.56 Å². The minimum Gasteiger partial charge on any atom is -0.465 e. The predicted molar refractivity (Wildman–Crippen MR) is 85.3 cm³/mol. The van der Waals surface area contributed by atoms with Crippen LogP contribution in [0.5, 0.6) is 0 Å². The van der Waals surface area contributed by atoms with Crippen LogP contribution in [0.4, 0.5) is 4.39 Å². The highest BCUT2D eigenvalue weighted by molar-refractivity contribution is 5.99. The molecule has 1 aromatic rings. The molecule has 0 aliphatic heterocycles. The molecular weight excluding hydrogens is 299 g/mol. The molecule has 0 amide bonds. The summed E-state index contributed by atoms with van der Waals surface area (Å²) in [6.07, 6.45) is -0.227. The van der Waals surface area contributed by atoms with Gasteiger partial charge in [-0.05, 0) is 43.4 Å². The first kappa shape index (κ1) is 19.3. The maximum absolute atomic E-state index is 13.2. The van der Waals surface area contributed by atoms with Crippen LogP contribution in [0.15, 0.2) is 24.3 Å². The van der Waals surface area contributed by atoms with Crippen molar-refractivity contribution < 1.29 is 23.8 Å². The standard InChI is InChI=1S/C18H25FO4/c1-4-23-18(22)15(17(21)11-16(20)12(2)3)9-8-13-6-5-7-14(19)10-13/h5-7,10,12,15-16,20H,4,8-9,11H2,1-3H3. The van der Waals surface area contributed by atoms with Crippen LogP contribution in [0, 0.1) is 17.7 Å². The minimum atomic E-state index is -0.924. The minimum absolute atomic E-state index is 0.0648. The lowest BCUT2D eigenvalue weighted by Crippen LogP contribution is -2.31. The number of carbonyl (C=O) groups excluding carboxylic acids is 2. The average Bonchev–Trinajstić information content (AvgIpc) is 2.47. The first-order valence-electron chi connectivity index (χ1n) is 7.97. The zero-order valence-electron chi connectivity index (χ0n) is 13.9. The number of Topliss-reactive ketones (excluding diaryl/α,β-unsaturated/α-hetero) is 1. The highest BCUT2D eigenvalue weighted by Gasteiger charge is 2.29. The molecule has 2 unspecified atom stereocenters. The number of aliphatic hydroxyl groups excluding tert-OH is 1. The summed E-state index contributed by atoms with van der Waals surface area (Å²) in [5, 5.41) is 9.86. The Kier molecular flexibility index (Phi) is 7.89. The van der Waals surface area contributed by atoms with Crippen molar-refractivity contribution in [3.05, 3.63) is 35.6 Å². The second-order valence-electron chi connectivity index (χ2n) is 5.96. The first-order chi connectivity index (χ1) is 10.8. The van der Waals surface area contributed by atoms with Crippen LogP contribution >= 0.6 is 0 Å². The molecule has 0 saturated heterocycles. The second-order valence-corrected chi connectivity index (χ2v) is 5.96. The zero-order valence-corrected chi connectivity index (χ0v) is 13.9. The molecule has 4 nitrogen and oxygen atoms in total. The van der Waals surface area contributed by atoms with Crippen LogP contribution in [0.3, 0.4) is 0 Å². The van der Waals surface area contributed by atoms with Gasteiger partial charge >= 0.3 is 5.97 Å². The van der Waals surface area contributed by atoms with Gasteiger partial charge in [0.2, 0.25) is 0 Å². The molecule has 0 aromatic heterocycles. The summed E-state index contributed by atoms with van der Waals surface area (Å²) >= 11 is 0. The molecule has 0 heterocycles. The van der Waals surface area contributed by atoms with E-state index in [0.29, 0.717) is 6.42 Å². The van der Waals surface area contributed by atoms with E-state index in [-0.39, 0.29) is 37.0 Å². The molecule has 1 N–H and O–H groups in total. The number of aryl methyl sites for hydroxylation is 1. The van der Waals surface area contributed by atoms with E-state index in [1.165, 1.54) is 12.1 Å². The van der Waals surface area contributed by atoms with Crippen LogP contribution in [0.1, 0.15) is 39.2 Å². The molecule has 0 radical (unpaired) electrons. The van der Waals surface area contributed by atoms with E-state index < -0.39 is 18.0 Å². The van der Waals surface area contributed by atoms with Gasteiger partial charge in [0.05, 0.1) is 12.7 Å². The number of rotatable bonds is 9. The quantitative estimate of drug-likeness (QED) is 0.560. The van der Waals surface area contributed by atoms with Crippen molar-refractivity contribution in [1.82, 2.24) is 0 Å². The Hall–Kier alpha value is -1.75. The molecule has 128 valence electrons. The Morgan fingerprint density at radius 2 is 2.00 bits per heavy atom. The lowest BCUT2D eigenvalue weighted by Gasteiger charge is -2.18. The first-order valence-corrected chi connectivity index (χ1v) is 7.97. The topological polar surface area (TPSA) is 63.6 Å². The Morgan fingerprint density at radius 1 is 1.30 bits per heavy atom. The van der Waals surface area contributed by atoms with Crippen molar-refractivity contribution in [1.29, 1.82) is 0 Å². The Morgan fingerprint density at radius 3 is 2.57 bits per heavy atom. The van der Waals surface area contributed by atoms with Crippen molar-refractivity contribution in [2.24, 2.45) is 11.8 Å². The fourth-order valence-corrected chi connectivity index (χ4v) is 2.24. The van der Waals surface area contributed by atoms with Crippen molar-refractivity contribution in [3.8, 4) is 0 Å². The second kappa shape index (κ2) is 9.40. The molecule has 1 aromatic carbocycles. The van der Waals surface area contributed by atoms with Gasteiger partial charge in [0.25, 0.3) is 0 Å². The van der Waals surface area contributed by atoms with Gasteiger partial charge < -0.3 is 9.84 Å². The van der Waals surface area contributed by atoms with E-state index in [1.807, 2.05) is 13.8 Å². The summed E-state index contributed by atoms with van der Waals surface area (Å²) in [7, 11) is 0. The van der Waals surface area contributed by atoms with E-state index in [9.17, 15) is 19.1 Å². The van der Waals surface area contributed by atoms with Crippen LogP contribution in [0.2, 0.25) is 0 Å². The van der Waals surface area contributed by atoms with Gasteiger partial charge in [-0.25, -0.2) is 4.39 Å². The summed E-state index contributed by atoms with van der Waals surface area (Å²) in [6, 6.07) is 6.07. The number of halogens is 1. The molecule has 1 rings (SSSR count). The molecule has 0 spiro atoms.